The molecule has 0 aliphatic rings. The van der Waals surface area contributed by atoms with Crippen molar-refractivity contribution in [3.05, 3.63) is 29.7 Å². The first-order valence-corrected chi connectivity index (χ1v) is 3.55. The van der Waals surface area contributed by atoms with E-state index in [9.17, 15) is 9.18 Å². The van der Waals surface area contributed by atoms with Crippen molar-refractivity contribution in [1.29, 1.82) is 0 Å². The Balaban J connectivity index is 2.88. The molecule has 2 N–H and O–H groups in total. The fourth-order valence-corrected chi connectivity index (χ4v) is 1.21. The van der Waals surface area contributed by atoms with Crippen LogP contribution in [0, 0.1) is 5.82 Å². The standard InChI is InChI=1S/C8H5FN2O2/c9-5-1-2-6-4(3-10-11-6)7(5)8(12)13/h1-3H,(H,10,11)(H,12,13). The van der Waals surface area contributed by atoms with Gasteiger partial charge in [0.1, 0.15) is 11.4 Å². The summed E-state index contributed by atoms with van der Waals surface area (Å²) in [5, 5.41) is 15.2. The van der Waals surface area contributed by atoms with Gasteiger partial charge in [0.2, 0.25) is 0 Å². The third-order valence-corrected chi connectivity index (χ3v) is 1.79. The van der Waals surface area contributed by atoms with E-state index in [4.69, 9.17) is 5.11 Å². The highest BCUT2D eigenvalue weighted by Gasteiger charge is 2.15. The van der Waals surface area contributed by atoms with Gasteiger partial charge in [0.15, 0.2) is 0 Å². The van der Waals surface area contributed by atoms with Gasteiger partial charge < -0.3 is 5.11 Å². The van der Waals surface area contributed by atoms with Crippen molar-refractivity contribution in [3.63, 3.8) is 0 Å². The van der Waals surface area contributed by atoms with Gasteiger partial charge in [0.05, 0.1) is 11.7 Å². The van der Waals surface area contributed by atoms with Crippen molar-refractivity contribution in [3.8, 4) is 0 Å². The zero-order chi connectivity index (χ0) is 9.42. The van der Waals surface area contributed by atoms with Crippen molar-refractivity contribution in [1.82, 2.24) is 10.2 Å². The number of nitrogens with one attached hydrogen (secondary N) is 1. The molecule has 66 valence electrons. The van der Waals surface area contributed by atoms with Gasteiger partial charge in [-0.25, -0.2) is 9.18 Å². The molecule has 4 nitrogen and oxygen atoms in total. The molecule has 0 bridgehead atoms. The molecule has 1 aromatic heterocycles. The van der Waals surface area contributed by atoms with Gasteiger partial charge in [-0.1, -0.05) is 0 Å². The average Bonchev–Trinajstić information content (AvgIpc) is 2.50. The van der Waals surface area contributed by atoms with Crippen molar-refractivity contribution < 1.29 is 14.3 Å². The van der Waals surface area contributed by atoms with Crippen LogP contribution in [0.4, 0.5) is 4.39 Å². The van der Waals surface area contributed by atoms with Gasteiger partial charge in [-0.15, -0.1) is 0 Å². The van der Waals surface area contributed by atoms with E-state index in [-0.39, 0.29) is 10.9 Å². The average molecular weight is 180 g/mol. The number of benzene rings is 1. The normalized spacial score (nSPS) is 10.5. The lowest BCUT2D eigenvalue weighted by Gasteiger charge is -1.97. The Morgan fingerprint density at radius 1 is 1.54 bits per heavy atom. The second kappa shape index (κ2) is 2.55. The lowest BCUT2D eigenvalue weighted by molar-refractivity contribution is 0.0694. The predicted molar refractivity (Wildman–Crippen MR) is 43.0 cm³/mol. The largest absolute Gasteiger partial charge is 0.478 e. The highest BCUT2D eigenvalue weighted by atomic mass is 19.1. The molecule has 0 aliphatic heterocycles. The molecule has 0 fully saturated rings. The molecule has 0 radical (unpaired) electrons. The molecular formula is C8H5FN2O2. The summed E-state index contributed by atoms with van der Waals surface area (Å²) in [6.07, 6.45) is 1.29. The first-order chi connectivity index (χ1) is 6.20. The van der Waals surface area contributed by atoms with Crippen molar-refractivity contribution in [2.45, 2.75) is 0 Å². The lowest BCUT2D eigenvalue weighted by Crippen LogP contribution is -2.00. The number of H-pyrrole nitrogens is 1. The molecule has 2 aromatic rings. The number of hydrogen-bond donors (Lipinski definition) is 2. The molecule has 0 atom stereocenters. The van der Waals surface area contributed by atoms with Crippen LogP contribution in [0.5, 0.6) is 0 Å². The van der Waals surface area contributed by atoms with Gasteiger partial charge in [-0.05, 0) is 12.1 Å². The minimum Gasteiger partial charge on any atom is -0.478 e. The van der Waals surface area contributed by atoms with Crippen molar-refractivity contribution >= 4 is 16.9 Å². The number of carbonyl (C=O) groups is 1. The molecular weight excluding hydrogens is 175 g/mol. The Kier molecular flexibility index (Phi) is 1.51. The van der Waals surface area contributed by atoms with Crippen LogP contribution in [-0.2, 0) is 0 Å². The van der Waals surface area contributed by atoms with E-state index in [0.29, 0.717) is 5.52 Å². The van der Waals surface area contributed by atoms with Crippen LogP contribution in [0.1, 0.15) is 10.4 Å². The van der Waals surface area contributed by atoms with Crippen LogP contribution in [-0.4, -0.2) is 21.3 Å². The fraction of sp³-hybridized carbons (Fsp3) is 0. The second-order valence-electron chi connectivity index (χ2n) is 2.56. The van der Waals surface area contributed by atoms with Crippen LogP contribution in [0.25, 0.3) is 10.9 Å². The first kappa shape index (κ1) is 7.72. The zero-order valence-corrected chi connectivity index (χ0v) is 6.41. The van der Waals surface area contributed by atoms with Gasteiger partial charge in [0.25, 0.3) is 0 Å². The number of hydrogen-bond acceptors (Lipinski definition) is 2. The number of aromatic carboxylic acids is 1. The van der Waals surface area contributed by atoms with Crippen molar-refractivity contribution in [2.75, 3.05) is 0 Å². The molecule has 0 saturated carbocycles. The molecule has 1 aromatic carbocycles. The summed E-state index contributed by atoms with van der Waals surface area (Å²) in [6.45, 7) is 0. The summed E-state index contributed by atoms with van der Waals surface area (Å²) in [5.74, 6) is -2.04. The Labute approximate surface area is 72.0 Å². The number of rotatable bonds is 1. The smallest absolute Gasteiger partial charge is 0.339 e. The number of aromatic amines is 1. The molecule has 0 saturated heterocycles. The molecule has 13 heavy (non-hydrogen) atoms. The Hall–Kier alpha value is -1.91. The number of aromatic nitrogens is 2. The second-order valence-corrected chi connectivity index (χ2v) is 2.56. The maximum absolute atomic E-state index is 13.0. The fourth-order valence-electron chi connectivity index (χ4n) is 1.21. The van der Waals surface area contributed by atoms with Crippen LogP contribution < -0.4 is 0 Å². The van der Waals surface area contributed by atoms with Crippen LogP contribution in [0.15, 0.2) is 18.3 Å². The van der Waals surface area contributed by atoms with E-state index >= 15 is 0 Å². The number of carboxylic acids is 1. The number of nitrogens with zero attached hydrogens (tertiary/aromatic N) is 1. The van der Waals surface area contributed by atoms with Crippen LogP contribution >= 0.6 is 0 Å². The number of fused-ring (bicyclic) bond motifs is 1. The third kappa shape index (κ3) is 1.05. The van der Waals surface area contributed by atoms with Crippen LogP contribution in [0.2, 0.25) is 0 Å². The maximum atomic E-state index is 13.0. The van der Waals surface area contributed by atoms with E-state index < -0.39 is 11.8 Å². The molecule has 0 amide bonds. The van der Waals surface area contributed by atoms with E-state index in [2.05, 4.69) is 10.2 Å². The highest BCUT2D eigenvalue weighted by Crippen LogP contribution is 2.19. The lowest BCUT2D eigenvalue weighted by atomic mass is 10.1. The van der Waals surface area contributed by atoms with E-state index in [1.54, 1.807) is 0 Å². The molecule has 1 heterocycles. The summed E-state index contributed by atoms with van der Waals surface area (Å²) in [4.78, 5) is 10.7. The van der Waals surface area contributed by atoms with Gasteiger partial charge >= 0.3 is 5.97 Å². The van der Waals surface area contributed by atoms with E-state index in [1.165, 1.54) is 12.3 Å². The number of halogens is 1. The summed E-state index contributed by atoms with van der Waals surface area (Å²) in [7, 11) is 0. The summed E-state index contributed by atoms with van der Waals surface area (Å²) in [5.41, 5.74) is 0.171. The van der Waals surface area contributed by atoms with Gasteiger partial charge in [-0.3, -0.25) is 5.10 Å². The van der Waals surface area contributed by atoms with Crippen LogP contribution in [0.3, 0.4) is 0 Å². The summed E-state index contributed by atoms with van der Waals surface area (Å²) in [6, 6.07) is 2.55. The summed E-state index contributed by atoms with van der Waals surface area (Å²) < 4.78 is 13.0. The Bertz CT molecular complexity index is 478. The van der Waals surface area contributed by atoms with E-state index in [1.807, 2.05) is 0 Å². The number of carboxylic acid groups (broad SMARTS) is 1. The Morgan fingerprint density at radius 2 is 2.31 bits per heavy atom. The SMILES string of the molecule is O=C(O)c1c(F)ccc2[nH]ncc12. The molecule has 5 heteroatoms. The minimum absolute atomic E-state index is 0.285. The monoisotopic (exact) mass is 180 g/mol. The van der Waals surface area contributed by atoms with Gasteiger partial charge in [-0.2, -0.15) is 5.10 Å². The highest BCUT2D eigenvalue weighted by molar-refractivity contribution is 6.02. The minimum atomic E-state index is -1.29. The molecule has 2 rings (SSSR count). The predicted octanol–water partition coefficient (Wildman–Crippen LogP) is 1.40. The summed E-state index contributed by atoms with van der Waals surface area (Å²) >= 11 is 0. The van der Waals surface area contributed by atoms with Crippen molar-refractivity contribution in [2.24, 2.45) is 0 Å². The molecule has 0 aliphatic carbocycles. The third-order valence-electron chi connectivity index (χ3n) is 1.79. The topological polar surface area (TPSA) is 66.0 Å². The first-order valence-electron chi connectivity index (χ1n) is 3.55. The molecule has 0 spiro atoms. The van der Waals surface area contributed by atoms with Gasteiger partial charge in [0, 0.05) is 5.39 Å². The molecule has 0 unspecified atom stereocenters. The Morgan fingerprint density at radius 3 is 3.00 bits per heavy atom. The van der Waals surface area contributed by atoms with E-state index in [0.717, 1.165) is 6.07 Å². The quantitative estimate of drug-likeness (QED) is 0.697. The maximum Gasteiger partial charge on any atom is 0.339 e. The zero-order valence-electron chi connectivity index (χ0n) is 6.41.